The van der Waals surface area contributed by atoms with Crippen LogP contribution in [0.1, 0.15) is 31.2 Å². The van der Waals surface area contributed by atoms with Crippen LogP contribution in [-0.4, -0.2) is 50.4 Å². The predicted molar refractivity (Wildman–Crippen MR) is 101 cm³/mol. The number of benzene rings is 1. The number of piperidine rings is 1. The van der Waals surface area contributed by atoms with E-state index in [-0.39, 0.29) is 17.7 Å². The van der Waals surface area contributed by atoms with Crippen molar-refractivity contribution in [3.05, 3.63) is 23.8 Å². The third kappa shape index (κ3) is 4.07. The summed E-state index contributed by atoms with van der Waals surface area (Å²) in [6.45, 7) is 3.43. The van der Waals surface area contributed by atoms with Gasteiger partial charge in [0.1, 0.15) is 0 Å². The van der Waals surface area contributed by atoms with Gasteiger partial charge in [-0.2, -0.15) is 0 Å². The van der Waals surface area contributed by atoms with Crippen molar-refractivity contribution >= 4 is 33.2 Å². The summed E-state index contributed by atoms with van der Waals surface area (Å²) in [6, 6.07) is 5.57. The number of rotatable bonds is 4. The Labute approximate surface area is 154 Å². The van der Waals surface area contributed by atoms with E-state index in [1.54, 1.807) is 4.90 Å². The number of anilines is 2. The monoisotopic (exact) mass is 379 g/mol. The molecule has 0 aromatic heterocycles. The van der Waals surface area contributed by atoms with E-state index in [4.69, 9.17) is 0 Å². The molecule has 0 radical (unpaired) electrons. The first kappa shape index (κ1) is 18.8. The van der Waals surface area contributed by atoms with Crippen LogP contribution in [0.2, 0.25) is 0 Å². The summed E-state index contributed by atoms with van der Waals surface area (Å²) < 4.78 is 24.5. The van der Waals surface area contributed by atoms with Gasteiger partial charge < -0.3 is 10.2 Å². The lowest BCUT2D eigenvalue weighted by Gasteiger charge is -2.29. The largest absolute Gasteiger partial charge is 0.326 e. The summed E-state index contributed by atoms with van der Waals surface area (Å²) in [5, 5.41) is 2.92. The first-order valence-electron chi connectivity index (χ1n) is 8.93. The summed E-state index contributed by atoms with van der Waals surface area (Å²) >= 11 is 0. The Morgan fingerprint density at radius 2 is 1.88 bits per heavy atom. The Morgan fingerprint density at radius 3 is 2.42 bits per heavy atom. The van der Waals surface area contributed by atoms with E-state index in [9.17, 15) is 18.0 Å². The van der Waals surface area contributed by atoms with Crippen molar-refractivity contribution in [2.24, 2.45) is 5.92 Å². The first-order valence-corrected chi connectivity index (χ1v) is 10.8. The molecule has 2 saturated heterocycles. The molecular weight excluding hydrogens is 354 g/mol. The molecular formula is C18H25N3O4S. The number of carbonyl (C=O) groups is 2. The zero-order valence-corrected chi connectivity index (χ0v) is 16.0. The Kier molecular flexibility index (Phi) is 5.34. The molecule has 0 bridgehead atoms. The molecule has 0 unspecified atom stereocenters. The summed E-state index contributed by atoms with van der Waals surface area (Å²) in [4.78, 5) is 26.2. The second kappa shape index (κ2) is 7.36. The van der Waals surface area contributed by atoms with Crippen molar-refractivity contribution in [2.75, 3.05) is 36.1 Å². The number of amides is 2. The number of nitrogens with zero attached hydrogens (tertiary/aromatic N) is 2. The molecule has 1 N–H and O–H groups in total. The number of aryl methyl sites for hydroxylation is 1. The van der Waals surface area contributed by atoms with Crippen LogP contribution in [0.15, 0.2) is 18.2 Å². The highest BCUT2D eigenvalue weighted by Gasteiger charge is 2.29. The van der Waals surface area contributed by atoms with Gasteiger partial charge in [-0.15, -0.1) is 0 Å². The number of sulfonamides is 1. The van der Waals surface area contributed by atoms with E-state index in [0.717, 1.165) is 24.2 Å². The molecule has 1 aromatic rings. The summed E-state index contributed by atoms with van der Waals surface area (Å²) in [6.07, 6.45) is 3.71. The number of nitrogens with one attached hydrogen (secondary N) is 1. The zero-order chi connectivity index (χ0) is 18.9. The molecule has 3 rings (SSSR count). The Balaban J connectivity index is 1.62. The highest BCUT2D eigenvalue weighted by atomic mass is 32.2. The van der Waals surface area contributed by atoms with Crippen LogP contribution >= 0.6 is 0 Å². The van der Waals surface area contributed by atoms with Gasteiger partial charge in [-0.1, -0.05) is 0 Å². The molecule has 0 aliphatic carbocycles. The lowest BCUT2D eigenvalue weighted by atomic mass is 9.97. The van der Waals surface area contributed by atoms with Gasteiger partial charge >= 0.3 is 0 Å². The maximum absolute atomic E-state index is 12.5. The molecule has 2 aliphatic rings. The van der Waals surface area contributed by atoms with Gasteiger partial charge in [-0.05, 0) is 49.9 Å². The quantitative estimate of drug-likeness (QED) is 0.863. The molecule has 2 aliphatic heterocycles. The Bertz CT molecular complexity index is 814. The lowest BCUT2D eigenvalue weighted by Crippen LogP contribution is -2.40. The van der Waals surface area contributed by atoms with Crippen molar-refractivity contribution in [3.8, 4) is 0 Å². The Morgan fingerprint density at radius 1 is 1.19 bits per heavy atom. The third-order valence-corrected chi connectivity index (χ3v) is 6.43. The molecule has 2 amide bonds. The molecule has 8 heteroatoms. The van der Waals surface area contributed by atoms with Crippen LogP contribution < -0.4 is 10.2 Å². The third-order valence-electron chi connectivity index (χ3n) is 5.12. The fourth-order valence-corrected chi connectivity index (χ4v) is 4.51. The molecule has 0 atom stereocenters. The van der Waals surface area contributed by atoms with E-state index < -0.39 is 10.0 Å². The van der Waals surface area contributed by atoms with Gasteiger partial charge in [0, 0.05) is 43.3 Å². The average molecular weight is 379 g/mol. The highest BCUT2D eigenvalue weighted by molar-refractivity contribution is 7.88. The van der Waals surface area contributed by atoms with Gasteiger partial charge in [0.2, 0.25) is 21.8 Å². The van der Waals surface area contributed by atoms with Gasteiger partial charge in [0.05, 0.1) is 6.26 Å². The van der Waals surface area contributed by atoms with Gasteiger partial charge in [-0.25, -0.2) is 12.7 Å². The summed E-state index contributed by atoms with van der Waals surface area (Å²) in [5.74, 6) is -0.127. The second-order valence-electron chi connectivity index (χ2n) is 7.08. The van der Waals surface area contributed by atoms with Crippen molar-refractivity contribution in [2.45, 2.75) is 32.6 Å². The van der Waals surface area contributed by atoms with E-state index in [2.05, 4.69) is 5.32 Å². The minimum absolute atomic E-state index is 0.0810. The lowest BCUT2D eigenvalue weighted by molar-refractivity contribution is -0.121. The van der Waals surface area contributed by atoms with Crippen molar-refractivity contribution < 1.29 is 18.0 Å². The minimum Gasteiger partial charge on any atom is -0.326 e. The smallest absolute Gasteiger partial charge is 0.227 e. The van der Waals surface area contributed by atoms with Crippen LogP contribution in [0, 0.1) is 12.8 Å². The fraction of sp³-hybridized carbons (Fsp3) is 0.556. The standard InChI is InChI=1S/C18H25N3O4S/c1-13-12-15(5-6-16(13)21-9-3-4-17(21)22)19-18(23)14-7-10-20(11-8-14)26(2,24)25/h5-6,12,14H,3-4,7-11H2,1-2H3,(H,19,23). The highest BCUT2D eigenvalue weighted by Crippen LogP contribution is 2.28. The topological polar surface area (TPSA) is 86.8 Å². The molecule has 2 heterocycles. The minimum atomic E-state index is -3.19. The van der Waals surface area contributed by atoms with Crippen molar-refractivity contribution in [3.63, 3.8) is 0 Å². The molecule has 7 nitrogen and oxygen atoms in total. The van der Waals surface area contributed by atoms with Crippen LogP contribution in [0.5, 0.6) is 0 Å². The zero-order valence-electron chi connectivity index (χ0n) is 15.2. The molecule has 2 fully saturated rings. The normalized spacial score (nSPS) is 19.8. The van der Waals surface area contributed by atoms with E-state index in [1.165, 1.54) is 10.6 Å². The maximum Gasteiger partial charge on any atom is 0.227 e. The van der Waals surface area contributed by atoms with E-state index in [1.807, 2.05) is 25.1 Å². The molecule has 1 aromatic carbocycles. The van der Waals surface area contributed by atoms with E-state index in [0.29, 0.717) is 38.0 Å². The second-order valence-corrected chi connectivity index (χ2v) is 9.06. The summed E-state index contributed by atoms with van der Waals surface area (Å²) in [7, 11) is -3.19. The van der Waals surface area contributed by atoms with Crippen LogP contribution in [0.3, 0.4) is 0 Å². The average Bonchev–Trinajstić information content (AvgIpc) is 3.00. The number of hydrogen-bond donors (Lipinski definition) is 1. The van der Waals surface area contributed by atoms with Gasteiger partial charge in [-0.3, -0.25) is 9.59 Å². The van der Waals surface area contributed by atoms with E-state index >= 15 is 0 Å². The van der Waals surface area contributed by atoms with Crippen molar-refractivity contribution in [1.82, 2.24) is 4.31 Å². The van der Waals surface area contributed by atoms with Crippen LogP contribution in [0.25, 0.3) is 0 Å². The van der Waals surface area contributed by atoms with Crippen LogP contribution in [-0.2, 0) is 19.6 Å². The van der Waals surface area contributed by atoms with Crippen molar-refractivity contribution in [1.29, 1.82) is 0 Å². The van der Waals surface area contributed by atoms with Gasteiger partial charge in [0.25, 0.3) is 0 Å². The Hall–Kier alpha value is -1.93. The number of carbonyl (C=O) groups excluding carboxylic acids is 2. The predicted octanol–water partition coefficient (Wildman–Crippen LogP) is 1.73. The first-order chi connectivity index (χ1) is 12.3. The van der Waals surface area contributed by atoms with Gasteiger partial charge in [0.15, 0.2) is 0 Å². The fourth-order valence-electron chi connectivity index (χ4n) is 3.63. The maximum atomic E-state index is 12.5. The van der Waals surface area contributed by atoms with Crippen LogP contribution in [0.4, 0.5) is 11.4 Å². The molecule has 26 heavy (non-hydrogen) atoms. The molecule has 0 saturated carbocycles. The molecule has 142 valence electrons. The summed E-state index contributed by atoms with van der Waals surface area (Å²) in [5.41, 5.74) is 2.55. The molecule has 0 spiro atoms. The SMILES string of the molecule is Cc1cc(NC(=O)C2CCN(S(C)(=O)=O)CC2)ccc1N1CCCC1=O. The number of hydrogen-bond acceptors (Lipinski definition) is 4.